The van der Waals surface area contributed by atoms with E-state index in [1.807, 2.05) is 0 Å². The van der Waals surface area contributed by atoms with E-state index >= 15 is 0 Å². The molecule has 2 saturated heterocycles. The van der Waals surface area contributed by atoms with E-state index in [1.165, 1.54) is 44.9 Å². The molecule has 35 heavy (non-hydrogen) atoms. The van der Waals surface area contributed by atoms with Gasteiger partial charge < -0.3 is 15.4 Å². The molecule has 2 saturated carbocycles. The van der Waals surface area contributed by atoms with Crippen molar-refractivity contribution < 1.29 is 4.74 Å². The molecule has 5 nitrogen and oxygen atoms in total. The lowest BCUT2D eigenvalue weighted by molar-refractivity contribution is -0.0836. The zero-order valence-corrected chi connectivity index (χ0v) is 24.5. The molecule has 4 atom stereocenters. The van der Waals surface area contributed by atoms with E-state index in [-0.39, 0.29) is 22.2 Å². The molecule has 2 N–H and O–H groups in total. The number of nitrogens with zero attached hydrogens (tertiary/aromatic N) is 2. The first kappa shape index (κ1) is 27.8. The second kappa shape index (κ2) is 10.5. The summed E-state index contributed by atoms with van der Waals surface area (Å²) < 4.78 is 6.40. The van der Waals surface area contributed by atoms with E-state index in [1.54, 1.807) is 0 Å². The van der Waals surface area contributed by atoms with Crippen LogP contribution in [0.15, 0.2) is 0 Å². The van der Waals surface area contributed by atoms with Crippen LogP contribution in [0.25, 0.3) is 0 Å². The molecule has 2 aliphatic carbocycles. The number of ether oxygens (including phenoxy) is 1. The highest BCUT2D eigenvalue weighted by atomic mass is 16.5. The summed E-state index contributed by atoms with van der Waals surface area (Å²) >= 11 is 0. The Morgan fingerprint density at radius 3 is 2.31 bits per heavy atom. The fourth-order valence-corrected chi connectivity index (χ4v) is 8.59. The summed E-state index contributed by atoms with van der Waals surface area (Å²) in [5.74, 6) is 1.89. The maximum atomic E-state index is 6.40. The summed E-state index contributed by atoms with van der Waals surface area (Å²) in [5, 5.41) is 7.84. The number of hydrogen-bond acceptors (Lipinski definition) is 5. The third-order valence-corrected chi connectivity index (χ3v) is 9.69. The minimum atomic E-state index is 0.0918. The highest BCUT2D eigenvalue weighted by molar-refractivity contribution is 5.01. The van der Waals surface area contributed by atoms with Gasteiger partial charge in [0.1, 0.15) is 0 Å². The lowest BCUT2D eigenvalue weighted by atomic mass is 9.64. The number of morpholine rings is 1. The highest BCUT2D eigenvalue weighted by Gasteiger charge is 2.43. The van der Waals surface area contributed by atoms with Crippen molar-refractivity contribution in [2.45, 2.75) is 141 Å². The van der Waals surface area contributed by atoms with Gasteiger partial charge in [-0.25, -0.2) is 0 Å². The molecule has 204 valence electrons. The number of fused-ring (bicyclic) bond motifs is 2. The average Bonchev–Trinajstić information content (AvgIpc) is 2.71. The monoisotopic (exact) mass is 490 g/mol. The largest absolute Gasteiger partial charge is 0.375 e. The minimum Gasteiger partial charge on any atom is -0.375 e. The molecule has 4 aliphatic rings. The van der Waals surface area contributed by atoms with Crippen LogP contribution in [0.2, 0.25) is 0 Å². The van der Waals surface area contributed by atoms with E-state index in [0.29, 0.717) is 12.1 Å². The summed E-state index contributed by atoms with van der Waals surface area (Å²) in [7, 11) is 0. The molecule has 0 aromatic carbocycles. The lowest BCUT2D eigenvalue weighted by Gasteiger charge is -2.52. The van der Waals surface area contributed by atoms with Gasteiger partial charge in [0.05, 0.1) is 12.7 Å². The maximum Gasteiger partial charge on any atom is 0.0720 e. The summed E-state index contributed by atoms with van der Waals surface area (Å²) in [5.41, 5.74) is 0.767. The van der Waals surface area contributed by atoms with E-state index < -0.39 is 0 Å². The molecule has 2 bridgehead atoms. The van der Waals surface area contributed by atoms with Crippen LogP contribution < -0.4 is 10.6 Å². The lowest BCUT2D eigenvalue weighted by Crippen LogP contribution is -2.63. The van der Waals surface area contributed by atoms with Crippen LogP contribution in [0.4, 0.5) is 0 Å². The maximum absolute atomic E-state index is 6.40. The Bertz CT molecular complexity index is 687. The van der Waals surface area contributed by atoms with E-state index in [9.17, 15) is 0 Å². The van der Waals surface area contributed by atoms with Gasteiger partial charge in [0.15, 0.2) is 0 Å². The average molecular weight is 491 g/mol. The zero-order chi connectivity index (χ0) is 25.5. The topological polar surface area (TPSA) is 39.8 Å². The molecule has 4 fully saturated rings. The van der Waals surface area contributed by atoms with Crippen LogP contribution in [0.5, 0.6) is 0 Å². The molecular weight excluding hydrogens is 432 g/mol. The number of piperazine rings is 1. The van der Waals surface area contributed by atoms with Crippen LogP contribution in [-0.2, 0) is 4.74 Å². The van der Waals surface area contributed by atoms with Crippen molar-refractivity contribution in [3.05, 3.63) is 0 Å². The Morgan fingerprint density at radius 2 is 1.66 bits per heavy atom. The van der Waals surface area contributed by atoms with Crippen molar-refractivity contribution in [2.75, 3.05) is 39.3 Å². The first-order valence-corrected chi connectivity index (χ1v) is 14.9. The molecule has 5 heteroatoms. The second-order valence-corrected chi connectivity index (χ2v) is 15.3. The van der Waals surface area contributed by atoms with Crippen LogP contribution in [0, 0.1) is 11.8 Å². The Labute approximate surface area is 217 Å². The summed E-state index contributed by atoms with van der Waals surface area (Å²) in [6.07, 6.45) is 11.2. The van der Waals surface area contributed by atoms with Gasteiger partial charge in [-0.15, -0.1) is 0 Å². The molecule has 0 aromatic rings. The van der Waals surface area contributed by atoms with Gasteiger partial charge in [-0.05, 0) is 99.3 Å². The third-order valence-electron chi connectivity index (χ3n) is 9.69. The normalized spacial score (nSPS) is 36.3. The SMILES string of the molecule is CC(C)(CC1CN(C(C)(C)CC2CNCCN2C(C)(C)C)CCO1)NC1(C)CC2CCCC(C2)C1. The van der Waals surface area contributed by atoms with Gasteiger partial charge in [0.25, 0.3) is 0 Å². The Balaban J connectivity index is 1.34. The third kappa shape index (κ3) is 7.22. The second-order valence-electron chi connectivity index (χ2n) is 15.3. The number of hydrogen-bond donors (Lipinski definition) is 2. The van der Waals surface area contributed by atoms with E-state index in [4.69, 9.17) is 4.74 Å². The van der Waals surface area contributed by atoms with E-state index in [0.717, 1.165) is 57.6 Å². The van der Waals surface area contributed by atoms with Crippen molar-refractivity contribution in [3.63, 3.8) is 0 Å². The van der Waals surface area contributed by atoms with Crippen LogP contribution >= 0.6 is 0 Å². The first-order valence-electron chi connectivity index (χ1n) is 14.9. The smallest absolute Gasteiger partial charge is 0.0720 e. The van der Waals surface area contributed by atoms with Gasteiger partial charge in [0, 0.05) is 60.9 Å². The predicted molar refractivity (Wildman–Crippen MR) is 148 cm³/mol. The fraction of sp³-hybridized carbons (Fsp3) is 1.00. The Kier molecular flexibility index (Phi) is 8.36. The molecule has 0 amide bonds. The summed E-state index contributed by atoms with van der Waals surface area (Å²) in [6, 6.07) is 0.587. The van der Waals surface area contributed by atoms with Crippen molar-refractivity contribution in [2.24, 2.45) is 11.8 Å². The zero-order valence-electron chi connectivity index (χ0n) is 24.5. The molecule has 4 rings (SSSR count). The van der Waals surface area contributed by atoms with Crippen LogP contribution in [0.3, 0.4) is 0 Å². The van der Waals surface area contributed by atoms with Crippen LogP contribution in [-0.4, -0.2) is 83.4 Å². The summed E-state index contributed by atoms with van der Waals surface area (Å²) in [4.78, 5) is 5.47. The first-order chi connectivity index (χ1) is 16.2. The minimum absolute atomic E-state index is 0.0918. The van der Waals surface area contributed by atoms with Crippen molar-refractivity contribution in [1.29, 1.82) is 0 Å². The van der Waals surface area contributed by atoms with Gasteiger partial charge >= 0.3 is 0 Å². The highest BCUT2D eigenvalue weighted by Crippen LogP contribution is 2.45. The standard InChI is InChI=1S/C30H58N4O/c1-27(2,3)34-13-12-31-21-25(34)19-29(6,7)33-14-15-35-26(22-33)20-28(4,5)32-30(8)17-23-10-9-11-24(16-23)18-30/h23-26,31-32H,9-22H2,1-8H3. The van der Waals surface area contributed by atoms with Gasteiger partial charge in [0.2, 0.25) is 0 Å². The molecule has 2 heterocycles. The molecular formula is C30H58N4O. The molecule has 0 aromatic heterocycles. The van der Waals surface area contributed by atoms with Crippen molar-refractivity contribution in [3.8, 4) is 0 Å². The van der Waals surface area contributed by atoms with Gasteiger partial charge in [-0.2, -0.15) is 0 Å². The molecule has 0 spiro atoms. The number of nitrogens with one attached hydrogen (secondary N) is 2. The quantitative estimate of drug-likeness (QED) is 0.523. The van der Waals surface area contributed by atoms with Crippen LogP contribution in [0.1, 0.15) is 107 Å². The van der Waals surface area contributed by atoms with Crippen molar-refractivity contribution >= 4 is 0 Å². The molecule has 0 radical (unpaired) electrons. The molecule has 2 aliphatic heterocycles. The van der Waals surface area contributed by atoms with E-state index in [2.05, 4.69) is 75.8 Å². The summed E-state index contributed by atoms with van der Waals surface area (Å²) in [6.45, 7) is 25.7. The van der Waals surface area contributed by atoms with Gasteiger partial charge in [-0.1, -0.05) is 19.3 Å². The predicted octanol–water partition coefficient (Wildman–Crippen LogP) is 5.05. The molecule has 4 unspecified atom stereocenters. The Hall–Kier alpha value is -0.200. The number of rotatable bonds is 7. The van der Waals surface area contributed by atoms with Gasteiger partial charge in [-0.3, -0.25) is 9.80 Å². The Morgan fingerprint density at radius 1 is 0.971 bits per heavy atom. The van der Waals surface area contributed by atoms with Crippen molar-refractivity contribution in [1.82, 2.24) is 20.4 Å². The fourth-order valence-electron chi connectivity index (χ4n) is 8.59.